The Morgan fingerprint density at radius 2 is 0.857 bits per heavy atom. The van der Waals surface area contributed by atoms with Crippen molar-refractivity contribution < 1.29 is 8.83 Å². The molecule has 4 aromatic heterocycles. The molecule has 0 unspecified atom stereocenters. The molecule has 11 aromatic rings. The number of fused-ring (bicyclic) bond motifs is 11. The Hall–Kier alpha value is -6.37. The molecule has 11 rings (SSSR count). The van der Waals surface area contributed by atoms with Gasteiger partial charge < -0.3 is 8.83 Å². The Morgan fingerprint density at radius 1 is 0.347 bits per heavy atom. The standard InChI is InChI=1S/C43H23N3O2S/c1-4-17-31-25(11-1)38-29(15-8-19-33(38)47-31)42-44-41(45-43(46-42)30-16-9-21-36-39(30)27-13-3-6-20-35(27)49-36)28-14-7-10-24-22-23-34-40(37(24)28)26-12-2-5-18-32(26)48-34/h1-23H. The summed E-state index contributed by atoms with van der Waals surface area (Å²) in [5.74, 6) is 1.82. The van der Waals surface area contributed by atoms with E-state index in [1.807, 2.05) is 42.5 Å². The van der Waals surface area contributed by atoms with Crippen LogP contribution in [0.3, 0.4) is 0 Å². The highest BCUT2D eigenvalue weighted by molar-refractivity contribution is 7.25. The quantitative estimate of drug-likeness (QED) is 0.191. The number of benzene rings is 7. The van der Waals surface area contributed by atoms with Crippen LogP contribution in [0.2, 0.25) is 0 Å². The minimum absolute atomic E-state index is 0.593. The predicted molar refractivity (Wildman–Crippen MR) is 201 cm³/mol. The fourth-order valence-electron chi connectivity index (χ4n) is 7.44. The molecular formula is C43H23N3O2S. The molecule has 0 bridgehead atoms. The van der Waals surface area contributed by atoms with Crippen LogP contribution in [0.25, 0.3) is 109 Å². The molecular weight excluding hydrogens is 623 g/mol. The van der Waals surface area contributed by atoms with E-state index in [1.54, 1.807) is 11.3 Å². The third-order valence-corrected chi connectivity index (χ3v) is 10.7. The van der Waals surface area contributed by atoms with Crippen molar-refractivity contribution in [3.63, 3.8) is 0 Å². The van der Waals surface area contributed by atoms with Gasteiger partial charge in [-0.15, -0.1) is 11.3 Å². The van der Waals surface area contributed by atoms with Crippen molar-refractivity contribution in [3.8, 4) is 34.2 Å². The zero-order valence-corrected chi connectivity index (χ0v) is 26.7. The normalized spacial score (nSPS) is 12.1. The highest BCUT2D eigenvalue weighted by Crippen LogP contribution is 2.43. The number of rotatable bonds is 3. The molecule has 0 amide bonds. The van der Waals surface area contributed by atoms with E-state index >= 15 is 0 Å². The number of aromatic nitrogens is 3. The van der Waals surface area contributed by atoms with Crippen LogP contribution in [0, 0.1) is 0 Å². The largest absolute Gasteiger partial charge is 0.456 e. The van der Waals surface area contributed by atoms with Gasteiger partial charge in [0, 0.05) is 63.8 Å². The highest BCUT2D eigenvalue weighted by Gasteiger charge is 2.22. The fraction of sp³-hybridized carbons (Fsp3) is 0. The molecule has 0 aliphatic rings. The maximum Gasteiger partial charge on any atom is 0.164 e. The molecule has 0 fully saturated rings. The third-order valence-electron chi connectivity index (χ3n) is 9.55. The summed E-state index contributed by atoms with van der Waals surface area (Å²) in [7, 11) is 0. The van der Waals surface area contributed by atoms with Crippen molar-refractivity contribution in [1.82, 2.24) is 15.0 Å². The summed E-state index contributed by atoms with van der Waals surface area (Å²) in [6.45, 7) is 0. The summed E-state index contributed by atoms with van der Waals surface area (Å²) in [6, 6.07) is 47.9. The monoisotopic (exact) mass is 645 g/mol. The molecule has 0 aliphatic heterocycles. The fourth-order valence-corrected chi connectivity index (χ4v) is 8.57. The van der Waals surface area contributed by atoms with Crippen LogP contribution >= 0.6 is 11.3 Å². The Morgan fingerprint density at radius 3 is 1.59 bits per heavy atom. The van der Waals surface area contributed by atoms with E-state index in [1.165, 1.54) is 14.8 Å². The van der Waals surface area contributed by atoms with E-state index in [-0.39, 0.29) is 0 Å². The van der Waals surface area contributed by atoms with Gasteiger partial charge >= 0.3 is 0 Å². The smallest absolute Gasteiger partial charge is 0.164 e. The summed E-state index contributed by atoms with van der Waals surface area (Å²) in [5.41, 5.74) is 6.11. The van der Waals surface area contributed by atoms with Crippen LogP contribution in [0.15, 0.2) is 148 Å². The van der Waals surface area contributed by atoms with Gasteiger partial charge in [-0.25, -0.2) is 15.0 Å². The van der Waals surface area contributed by atoms with Gasteiger partial charge in [0.25, 0.3) is 0 Å². The van der Waals surface area contributed by atoms with Crippen molar-refractivity contribution in [2.24, 2.45) is 0 Å². The number of hydrogen-bond donors (Lipinski definition) is 0. The van der Waals surface area contributed by atoms with Crippen LogP contribution in [0.5, 0.6) is 0 Å². The first kappa shape index (κ1) is 26.7. The minimum atomic E-state index is 0.593. The topological polar surface area (TPSA) is 65.0 Å². The van der Waals surface area contributed by atoms with Gasteiger partial charge in [0.2, 0.25) is 0 Å². The first-order chi connectivity index (χ1) is 24.3. The molecule has 5 nitrogen and oxygen atoms in total. The van der Waals surface area contributed by atoms with Gasteiger partial charge in [0.15, 0.2) is 17.5 Å². The zero-order chi connectivity index (χ0) is 32.1. The van der Waals surface area contributed by atoms with Crippen molar-refractivity contribution in [2.75, 3.05) is 0 Å². The van der Waals surface area contributed by atoms with Gasteiger partial charge in [0.05, 0.1) is 0 Å². The van der Waals surface area contributed by atoms with Crippen LogP contribution < -0.4 is 0 Å². The molecule has 0 saturated heterocycles. The van der Waals surface area contributed by atoms with Gasteiger partial charge in [-0.05, 0) is 41.8 Å². The lowest BCUT2D eigenvalue weighted by Crippen LogP contribution is -2.01. The van der Waals surface area contributed by atoms with E-state index in [9.17, 15) is 0 Å². The number of thiophene rings is 1. The van der Waals surface area contributed by atoms with E-state index in [4.69, 9.17) is 23.8 Å². The summed E-state index contributed by atoms with van der Waals surface area (Å²) < 4.78 is 15.1. The van der Waals surface area contributed by atoms with Gasteiger partial charge in [0.1, 0.15) is 22.3 Å². The molecule has 0 spiro atoms. The van der Waals surface area contributed by atoms with Crippen LogP contribution in [-0.2, 0) is 0 Å². The lowest BCUT2D eigenvalue weighted by Gasteiger charge is -2.12. The number of para-hydroxylation sites is 2. The Labute approximate surface area is 282 Å². The van der Waals surface area contributed by atoms with Crippen molar-refractivity contribution in [2.45, 2.75) is 0 Å². The van der Waals surface area contributed by atoms with Crippen molar-refractivity contribution in [1.29, 1.82) is 0 Å². The van der Waals surface area contributed by atoms with Gasteiger partial charge in [-0.1, -0.05) is 103 Å². The van der Waals surface area contributed by atoms with Crippen LogP contribution in [0.4, 0.5) is 0 Å². The van der Waals surface area contributed by atoms with Gasteiger partial charge in [-0.3, -0.25) is 0 Å². The zero-order valence-electron chi connectivity index (χ0n) is 25.8. The molecule has 0 aliphatic carbocycles. The highest BCUT2D eigenvalue weighted by atomic mass is 32.1. The number of furan rings is 2. The van der Waals surface area contributed by atoms with Crippen LogP contribution in [-0.4, -0.2) is 15.0 Å². The lowest BCUT2D eigenvalue weighted by atomic mass is 9.98. The minimum Gasteiger partial charge on any atom is -0.456 e. The van der Waals surface area contributed by atoms with E-state index in [0.717, 1.165) is 76.7 Å². The van der Waals surface area contributed by atoms with Crippen LogP contribution in [0.1, 0.15) is 0 Å². The second-order valence-electron chi connectivity index (χ2n) is 12.3. The molecule has 0 saturated carbocycles. The van der Waals surface area contributed by atoms with Crippen molar-refractivity contribution in [3.05, 3.63) is 140 Å². The lowest BCUT2D eigenvalue weighted by molar-refractivity contribution is 0.668. The maximum atomic E-state index is 6.34. The second kappa shape index (κ2) is 10.1. The molecule has 49 heavy (non-hydrogen) atoms. The summed E-state index contributed by atoms with van der Waals surface area (Å²) in [6.07, 6.45) is 0. The average molecular weight is 646 g/mol. The Kier molecular flexibility index (Phi) is 5.48. The first-order valence-corrected chi connectivity index (χ1v) is 17.0. The van der Waals surface area contributed by atoms with Crippen molar-refractivity contribution >= 4 is 86.2 Å². The first-order valence-electron chi connectivity index (χ1n) is 16.2. The number of nitrogens with zero attached hydrogens (tertiary/aromatic N) is 3. The molecule has 228 valence electrons. The summed E-state index contributed by atoms with van der Waals surface area (Å²) >= 11 is 1.79. The number of hydrogen-bond acceptors (Lipinski definition) is 6. The maximum absolute atomic E-state index is 6.34. The molecule has 0 N–H and O–H groups in total. The summed E-state index contributed by atoms with van der Waals surface area (Å²) in [5, 5.41) is 8.63. The molecule has 6 heteroatoms. The SMILES string of the molecule is c1cc(-c2nc(-c3cccc4oc5ccccc5c34)nc(-c3cccc4sc5ccccc5c34)n2)c2c(c1)ccc1oc3ccccc3c12. The molecule has 4 heterocycles. The van der Waals surface area contributed by atoms with E-state index in [0.29, 0.717) is 17.5 Å². The predicted octanol–water partition coefficient (Wildman–Crippen LogP) is 12.2. The van der Waals surface area contributed by atoms with Gasteiger partial charge in [-0.2, -0.15) is 0 Å². The van der Waals surface area contributed by atoms with E-state index < -0.39 is 0 Å². The summed E-state index contributed by atoms with van der Waals surface area (Å²) in [4.78, 5) is 15.9. The third kappa shape index (κ3) is 3.89. The Bertz CT molecular complexity index is 3000. The van der Waals surface area contributed by atoms with E-state index in [2.05, 4.69) is 97.1 Å². The Balaban J connectivity index is 1.27. The molecule has 7 aromatic carbocycles. The second-order valence-corrected chi connectivity index (χ2v) is 13.4. The average Bonchev–Trinajstić information content (AvgIpc) is 3.85. The molecule has 0 radical (unpaired) electrons. The molecule has 0 atom stereocenters.